The van der Waals surface area contributed by atoms with Gasteiger partial charge in [0, 0.05) is 29.3 Å². The van der Waals surface area contributed by atoms with Gasteiger partial charge in [-0.25, -0.2) is 4.39 Å². The molecule has 1 aromatic heterocycles. The highest BCUT2D eigenvalue weighted by atomic mass is 19.1. The van der Waals surface area contributed by atoms with Crippen molar-refractivity contribution in [3.8, 4) is 17.4 Å². The van der Waals surface area contributed by atoms with E-state index in [1.54, 1.807) is 25.3 Å². The number of nitrogens with one attached hydrogen (secondary N) is 1. The molecule has 0 spiro atoms. The molecule has 0 saturated heterocycles. The zero-order valence-electron chi connectivity index (χ0n) is 19.4. The number of amides is 2. The fraction of sp³-hybridized carbons (Fsp3) is 0.320. The predicted molar refractivity (Wildman–Crippen MR) is 122 cm³/mol. The molecule has 35 heavy (non-hydrogen) atoms. The minimum absolute atomic E-state index is 0.198. The van der Waals surface area contributed by atoms with Crippen molar-refractivity contribution in [2.24, 2.45) is 0 Å². The van der Waals surface area contributed by atoms with Gasteiger partial charge in [-0.15, -0.1) is 0 Å². The predicted octanol–water partition coefficient (Wildman–Crippen LogP) is 3.58. The highest BCUT2D eigenvalue weighted by molar-refractivity contribution is 6.01. The third-order valence-corrected chi connectivity index (χ3v) is 6.38. The highest BCUT2D eigenvalue weighted by Crippen LogP contribution is 2.42. The Hall–Kier alpha value is -4.08. The molecule has 0 bridgehead atoms. The first-order chi connectivity index (χ1) is 16.7. The van der Waals surface area contributed by atoms with Gasteiger partial charge < -0.3 is 29.3 Å². The summed E-state index contributed by atoms with van der Waals surface area (Å²) in [5, 5.41) is 15.6. The minimum atomic E-state index is -1.04. The number of rotatable bonds is 4. The number of fused-ring (bicyclic) bond motifs is 2. The van der Waals surface area contributed by atoms with E-state index < -0.39 is 35.0 Å². The number of carbonyl (C=O) groups excluding carboxylic acids is 2. The second-order valence-electron chi connectivity index (χ2n) is 9.26. The number of hydrogen-bond acceptors (Lipinski definition) is 7. The lowest BCUT2D eigenvalue weighted by Crippen LogP contribution is -2.45. The first-order valence-corrected chi connectivity index (χ1v) is 11.1. The zero-order valence-corrected chi connectivity index (χ0v) is 19.4. The number of anilines is 1. The second-order valence-corrected chi connectivity index (χ2v) is 9.26. The molecule has 2 aliphatic rings. The number of nitrogens with zero attached hydrogens (tertiary/aromatic N) is 2. The van der Waals surface area contributed by atoms with Crippen molar-refractivity contribution in [2.45, 2.75) is 31.7 Å². The first-order valence-electron chi connectivity index (χ1n) is 11.1. The number of aromatic hydroxyl groups is 1. The Balaban J connectivity index is 1.51. The minimum Gasteiger partial charge on any atom is -0.497 e. The quantitative estimate of drug-likeness (QED) is 0.586. The molecule has 5 rings (SSSR count). The summed E-state index contributed by atoms with van der Waals surface area (Å²) in [6.45, 7) is 4.31. The molecular weight excluding hydrogens is 457 g/mol. The Labute approximate surface area is 200 Å². The van der Waals surface area contributed by atoms with Crippen LogP contribution in [0.1, 0.15) is 47.1 Å². The molecule has 3 heterocycles. The van der Waals surface area contributed by atoms with Crippen LogP contribution in [0.3, 0.4) is 0 Å². The summed E-state index contributed by atoms with van der Waals surface area (Å²) in [5.41, 5.74) is 1.65. The third-order valence-electron chi connectivity index (χ3n) is 6.38. The molecule has 0 aliphatic carbocycles. The van der Waals surface area contributed by atoms with Gasteiger partial charge in [-0.3, -0.25) is 9.59 Å². The van der Waals surface area contributed by atoms with E-state index in [-0.39, 0.29) is 18.0 Å². The third kappa shape index (κ3) is 3.94. The summed E-state index contributed by atoms with van der Waals surface area (Å²) in [7, 11) is 1.55. The maximum atomic E-state index is 14.9. The fourth-order valence-corrected chi connectivity index (χ4v) is 4.71. The van der Waals surface area contributed by atoms with Crippen LogP contribution in [0.5, 0.6) is 17.4 Å². The van der Waals surface area contributed by atoms with Crippen LogP contribution in [-0.4, -0.2) is 47.2 Å². The Morgan fingerprint density at radius 3 is 2.77 bits per heavy atom. The van der Waals surface area contributed by atoms with Crippen LogP contribution in [0.2, 0.25) is 0 Å². The van der Waals surface area contributed by atoms with E-state index in [0.717, 1.165) is 11.6 Å². The van der Waals surface area contributed by atoms with Crippen molar-refractivity contribution in [1.29, 1.82) is 0 Å². The Kier molecular flexibility index (Phi) is 5.38. The number of hydrogen-bond donors (Lipinski definition) is 2. The molecule has 0 saturated carbocycles. The van der Waals surface area contributed by atoms with E-state index in [1.807, 2.05) is 19.9 Å². The summed E-state index contributed by atoms with van der Waals surface area (Å²) in [6, 6.07) is 8.15. The maximum absolute atomic E-state index is 14.9. The van der Waals surface area contributed by atoms with Crippen LogP contribution < -0.4 is 14.8 Å². The van der Waals surface area contributed by atoms with Gasteiger partial charge >= 0.3 is 0 Å². The van der Waals surface area contributed by atoms with Gasteiger partial charge in [0.05, 0.1) is 19.8 Å². The zero-order chi connectivity index (χ0) is 24.9. The summed E-state index contributed by atoms with van der Waals surface area (Å²) >= 11 is 0. The molecule has 2 aliphatic heterocycles. The SMILES string of the molecule is COc1ccc2c(c1)CCN(C(=O)c1cc(O)no1)[C@H]2C(=O)Nc1cc(F)c2c(c1)OCC2(C)C. The molecule has 3 aromatic rings. The van der Waals surface area contributed by atoms with Crippen LogP contribution in [0, 0.1) is 5.82 Å². The van der Waals surface area contributed by atoms with Gasteiger partial charge in [0.25, 0.3) is 17.7 Å². The number of ether oxygens (including phenoxy) is 2. The number of aromatic nitrogens is 1. The monoisotopic (exact) mass is 481 g/mol. The topological polar surface area (TPSA) is 114 Å². The molecule has 182 valence electrons. The molecule has 1 atom stereocenters. The van der Waals surface area contributed by atoms with E-state index in [1.165, 1.54) is 11.0 Å². The van der Waals surface area contributed by atoms with Crippen LogP contribution in [0.15, 0.2) is 40.9 Å². The number of halogens is 1. The molecule has 0 radical (unpaired) electrons. The average molecular weight is 481 g/mol. The maximum Gasteiger partial charge on any atom is 0.293 e. The van der Waals surface area contributed by atoms with E-state index in [0.29, 0.717) is 35.7 Å². The Morgan fingerprint density at radius 2 is 2.06 bits per heavy atom. The number of benzene rings is 2. The normalized spacial score (nSPS) is 17.8. The molecule has 0 unspecified atom stereocenters. The van der Waals surface area contributed by atoms with Crippen LogP contribution in [-0.2, 0) is 16.6 Å². The van der Waals surface area contributed by atoms with Crippen molar-refractivity contribution >= 4 is 17.5 Å². The average Bonchev–Trinajstić information content (AvgIpc) is 3.39. The van der Waals surface area contributed by atoms with Crippen LogP contribution in [0.4, 0.5) is 10.1 Å². The van der Waals surface area contributed by atoms with Gasteiger partial charge in [0.2, 0.25) is 5.76 Å². The fourth-order valence-electron chi connectivity index (χ4n) is 4.71. The van der Waals surface area contributed by atoms with E-state index >= 15 is 0 Å². The van der Waals surface area contributed by atoms with Crippen molar-refractivity contribution in [3.63, 3.8) is 0 Å². The summed E-state index contributed by atoms with van der Waals surface area (Å²) in [4.78, 5) is 28.1. The molecule has 2 amide bonds. The van der Waals surface area contributed by atoms with Crippen molar-refractivity contribution in [3.05, 3.63) is 64.7 Å². The van der Waals surface area contributed by atoms with E-state index in [2.05, 4.69) is 10.5 Å². The Morgan fingerprint density at radius 1 is 1.26 bits per heavy atom. The Bertz CT molecular complexity index is 1330. The van der Waals surface area contributed by atoms with Gasteiger partial charge in [0.1, 0.15) is 23.4 Å². The second kappa shape index (κ2) is 8.30. The summed E-state index contributed by atoms with van der Waals surface area (Å²) in [6.07, 6.45) is 0.471. The molecular formula is C25H24FN3O6. The smallest absolute Gasteiger partial charge is 0.293 e. The highest BCUT2D eigenvalue weighted by Gasteiger charge is 2.39. The largest absolute Gasteiger partial charge is 0.497 e. The first kappa shape index (κ1) is 22.7. The number of methoxy groups -OCH3 is 1. The van der Waals surface area contributed by atoms with Crippen LogP contribution >= 0.6 is 0 Å². The summed E-state index contributed by atoms with van der Waals surface area (Å²) in [5.74, 6) is -1.24. The number of carbonyl (C=O) groups is 2. The standard InChI is InChI=1S/C25H24FN3O6/c1-25(2)12-34-18-10-14(9-17(26)21(18)25)27-23(31)22-16-5-4-15(33-3)8-13(16)6-7-29(22)24(32)19-11-20(30)28-35-19/h4-5,8-11,22H,6-7,12H2,1-3H3,(H,27,31)(H,28,30)/t22-/m1/s1. The van der Waals surface area contributed by atoms with Crippen molar-refractivity contribution < 1.29 is 33.1 Å². The molecule has 2 N–H and O–H groups in total. The van der Waals surface area contributed by atoms with Gasteiger partial charge in [-0.05, 0) is 40.9 Å². The molecule has 0 fully saturated rings. The van der Waals surface area contributed by atoms with Crippen molar-refractivity contribution in [1.82, 2.24) is 10.1 Å². The van der Waals surface area contributed by atoms with Crippen molar-refractivity contribution in [2.75, 3.05) is 25.6 Å². The van der Waals surface area contributed by atoms with Gasteiger partial charge in [-0.2, -0.15) is 0 Å². The van der Waals surface area contributed by atoms with Gasteiger partial charge in [0.15, 0.2) is 0 Å². The lowest BCUT2D eigenvalue weighted by Gasteiger charge is -2.36. The molecule has 9 nitrogen and oxygen atoms in total. The lowest BCUT2D eigenvalue weighted by molar-refractivity contribution is -0.121. The van der Waals surface area contributed by atoms with E-state index in [9.17, 15) is 19.1 Å². The van der Waals surface area contributed by atoms with E-state index in [4.69, 9.17) is 14.0 Å². The summed E-state index contributed by atoms with van der Waals surface area (Å²) < 4.78 is 30.8. The van der Waals surface area contributed by atoms with Crippen LogP contribution in [0.25, 0.3) is 0 Å². The lowest BCUT2D eigenvalue weighted by atomic mass is 9.86. The molecule has 2 aromatic carbocycles. The van der Waals surface area contributed by atoms with Gasteiger partial charge in [-0.1, -0.05) is 19.9 Å². The molecule has 10 heteroatoms.